The van der Waals surface area contributed by atoms with Gasteiger partial charge in [0.25, 0.3) is 0 Å². The minimum Gasteiger partial charge on any atom is -0.488 e. The van der Waals surface area contributed by atoms with Crippen LogP contribution < -0.4 is 15.8 Å². The number of nitrogens with two attached hydrogens (primary N) is 1. The average molecular weight is 504 g/mol. The summed E-state index contributed by atoms with van der Waals surface area (Å²) in [4.78, 5) is 11.9. The van der Waals surface area contributed by atoms with Crippen molar-refractivity contribution in [1.29, 1.82) is 0 Å². The van der Waals surface area contributed by atoms with Crippen LogP contribution in [0.25, 0.3) is 22.2 Å². The van der Waals surface area contributed by atoms with Crippen LogP contribution in [0.5, 0.6) is 5.75 Å². The molecule has 3 N–H and O–H groups in total. The average Bonchev–Trinajstić information content (AvgIpc) is 3.39. The van der Waals surface area contributed by atoms with Crippen molar-refractivity contribution in [2.75, 3.05) is 24.3 Å². The molecule has 192 valence electrons. The topological polar surface area (TPSA) is 87.7 Å². The molecule has 1 aliphatic carbocycles. The normalized spacial score (nSPS) is 19.2. The van der Waals surface area contributed by atoms with Crippen LogP contribution in [-0.4, -0.2) is 42.3 Å². The van der Waals surface area contributed by atoms with E-state index in [-0.39, 0.29) is 6.10 Å². The quantitative estimate of drug-likeness (QED) is 0.413. The molecular weight excluding hydrogens is 475 g/mol. The van der Waals surface area contributed by atoms with Crippen molar-refractivity contribution in [2.24, 2.45) is 0 Å². The van der Waals surface area contributed by atoms with Crippen LogP contribution in [0.4, 0.5) is 29.3 Å². The van der Waals surface area contributed by atoms with Gasteiger partial charge < -0.3 is 24.5 Å². The van der Waals surface area contributed by atoms with Crippen molar-refractivity contribution in [1.82, 2.24) is 4.57 Å². The summed E-state index contributed by atoms with van der Waals surface area (Å²) >= 11 is 0. The van der Waals surface area contributed by atoms with Crippen LogP contribution in [-0.2, 0) is 9.47 Å². The molecule has 2 fully saturated rings. The van der Waals surface area contributed by atoms with Crippen molar-refractivity contribution >= 4 is 28.4 Å². The van der Waals surface area contributed by atoms with Crippen molar-refractivity contribution in [3.63, 3.8) is 0 Å². The molecular formula is C26H28F3N3O4. The Morgan fingerprint density at radius 1 is 1.17 bits per heavy atom. The van der Waals surface area contributed by atoms with Crippen LogP contribution in [0.2, 0.25) is 0 Å². The highest BCUT2D eigenvalue weighted by Crippen LogP contribution is 2.45. The van der Waals surface area contributed by atoms with E-state index in [9.17, 15) is 18.0 Å². The maximum atomic E-state index is 12.6. The minimum absolute atomic E-state index is 0.0391. The highest BCUT2D eigenvalue weighted by molar-refractivity contribution is 6.01. The lowest BCUT2D eigenvalue weighted by Crippen LogP contribution is -2.32. The third-order valence-corrected chi connectivity index (χ3v) is 6.79. The van der Waals surface area contributed by atoms with Gasteiger partial charge in [-0.2, -0.15) is 13.2 Å². The first-order chi connectivity index (χ1) is 17.2. The van der Waals surface area contributed by atoms with E-state index >= 15 is 0 Å². The number of carbonyl (C=O) groups excluding carboxylic acids is 1. The van der Waals surface area contributed by atoms with Gasteiger partial charge in [0.05, 0.1) is 30.1 Å². The number of hydrogen-bond acceptors (Lipinski definition) is 5. The number of rotatable bonds is 6. The molecule has 2 aliphatic rings. The van der Waals surface area contributed by atoms with Gasteiger partial charge in [0.15, 0.2) is 6.10 Å². The maximum Gasteiger partial charge on any atom is 0.425 e. The fourth-order valence-corrected chi connectivity index (χ4v) is 4.59. The second-order valence-corrected chi connectivity index (χ2v) is 9.29. The number of nitrogens with one attached hydrogen (secondary N) is 1. The number of nitrogen functional groups attached to an aromatic ring is 1. The highest BCUT2D eigenvalue weighted by Gasteiger charge is 2.39. The summed E-state index contributed by atoms with van der Waals surface area (Å²) in [6.07, 6.45) is -3.87. The highest BCUT2D eigenvalue weighted by atomic mass is 19.4. The smallest absolute Gasteiger partial charge is 0.425 e. The summed E-state index contributed by atoms with van der Waals surface area (Å²) in [7, 11) is 0. The van der Waals surface area contributed by atoms with E-state index in [1.54, 1.807) is 24.3 Å². The molecule has 1 aliphatic heterocycles. The molecule has 7 nitrogen and oxygen atoms in total. The first kappa shape index (κ1) is 24.3. The van der Waals surface area contributed by atoms with E-state index in [1.165, 1.54) is 0 Å². The molecule has 1 saturated carbocycles. The molecule has 1 amide bonds. The standard InChI is InChI=1S/C26H28F3N3O4/c1-15(26(27,28)29)35-25(33)31-17-7-5-16(6-8-17)24-23(30)21-10-9-19(36-20-11-12-34-14-20)13-22(21)32(24)18-3-2-4-18/h5-10,13,15,18,20H,2-4,11-12,14,30H2,1H3,(H,31,33). The van der Waals surface area contributed by atoms with Crippen LogP contribution in [0.15, 0.2) is 42.5 Å². The van der Waals surface area contributed by atoms with E-state index in [4.69, 9.17) is 15.2 Å². The van der Waals surface area contributed by atoms with Crippen molar-refractivity contribution < 1.29 is 32.2 Å². The lowest BCUT2D eigenvalue weighted by Gasteiger charge is -2.30. The van der Waals surface area contributed by atoms with Crippen molar-refractivity contribution in [3.8, 4) is 17.0 Å². The molecule has 3 aromatic rings. The molecule has 1 aromatic heterocycles. The summed E-state index contributed by atoms with van der Waals surface area (Å²) < 4.78 is 56.1. The molecule has 2 aromatic carbocycles. The molecule has 2 heterocycles. The number of benzene rings is 2. The summed E-state index contributed by atoms with van der Waals surface area (Å²) in [5.41, 5.74) is 10.3. The Balaban J connectivity index is 1.42. The van der Waals surface area contributed by atoms with Gasteiger partial charge in [-0.15, -0.1) is 0 Å². The van der Waals surface area contributed by atoms with Gasteiger partial charge >= 0.3 is 12.3 Å². The van der Waals surface area contributed by atoms with Gasteiger partial charge in [0, 0.05) is 35.2 Å². The van der Waals surface area contributed by atoms with E-state index in [2.05, 4.69) is 14.6 Å². The third kappa shape index (κ3) is 4.82. The molecule has 2 unspecified atom stereocenters. The van der Waals surface area contributed by atoms with E-state index in [0.717, 1.165) is 60.5 Å². The fourth-order valence-electron chi connectivity index (χ4n) is 4.59. The molecule has 10 heteroatoms. The molecule has 2 atom stereocenters. The molecule has 0 spiro atoms. The molecule has 0 radical (unpaired) electrons. The van der Waals surface area contributed by atoms with Gasteiger partial charge in [-0.3, -0.25) is 5.32 Å². The number of aromatic nitrogens is 1. The second kappa shape index (κ2) is 9.57. The Bertz CT molecular complexity index is 1250. The fraction of sp³-hybridized carbons (Fsp3) is 0.423. The first-order valence-corrected chi connectivity index (χ1v) is 12.0. The summed E-state index contributed by atoms with van der Waals surface area (Å²) in [6, 6.07) is 13.0. The number of anilines is 2. The zero-order valence-corrected chi connectivity index (χ0v) is 19.8. The zero-order valence-electron chi connectivity index (χ0n) is 19.8. The van der Waals surface area contributed by atoms with Crippen LogP contribution in [0, 0.1) is 0 Å². The molecule has 1 saturated heterocycles. The Morgan fingerprint density at radius 2 is 1.92 bits per heavy atom. The number of amides is 1. The lowest BCUT2D eigenvalue weighted by atomic mass is 9.92. The number of ether oxygens (including phenoxy) is 3. The van der Waals surface area contributed by atoms with Crippen LogP contribution in [0.1, 0.15) is 38.6 Å². The van der Waals surface area contributed by atoms with Gasteiger partial charge in [-0.25, -0.2) is 4.79 Å². The summed E-state index contributed by atoms with van der Waals surface area (Å²) in [5, 5.41) is 3.27. The number of hydrogen-bond donors (Lipinski definition) is 2. The van der Waals surface area contributed by atoms with E-state index < -0.39 is 18.4 Å². The van der Waals surface area contributed by atoms with Gasteiger partial charge in [0.1, 0.15) is 11.9 Å². The SMILES string of the molecule is CC(OC(=O)Nc1ccc(-c2c(N)c3ccc(OC4CCOC4)cc3n2C2CCC2)cc1)C(F)(F)F. The lowest BCUT2D eigenvalue weighted by molar-refractivity contribution is -0.196. The summed E-state index contributed by atoms with van der Waals surface area (Å²) in [5.74, 6) is 0.772. The third-order valence-electron chi connectivity index (χ3n) is 6.79. The van der Waals surface area contributed by atoms with Gasteiger partial charge in [0.2, 0.25) is 0 Å². The maximum absolute atomic E-state index is 12.6. The Labute approximate surface area is 206 Å². The van der Waals surface area contributed by atoms with Crippen LogP contribution >= 0.6 is 0 Å². The van der Waals surface area contributed by atoms with Crippen molar-refractivity contribution in [2.45, 2.75) is 57.0 Å². The minimum atomic E-state index is -4.62. The number of nitrogens with zero attached hydrogens (tertiary/aromatic N) is 1. The molecule has 5 rings (SSSR count). The number of halogens is 3. The molecule has 0 bridgehead atoms. The van der Waals surface area contributed by atoms with E-state index in [1.807, 2.05) is 18.2 Å². The Morgan fingerprint density at radius 3 is 2.53 bits per heavy atom. The number of fused-ring (bicyclic) bond motifs is 1. The van der Waals surface area contributed by atoms with Crippen molar-refractivity contribution in [3.05, 3.63) is 42.5 Å². The molecule has 36 heavy (non-hydrogen) atoms. The van der Waals surface area contributed by atoms with Gasteiger partial charge in [-0.1, -0.05) is 12.1 Å². The Hall–Kier alpha value is -3.40. The largest absolute Gasteiger partial charge is 0.488 e. The first-order valence-electron chi connectivity index (χ1n) is 12.0. The predicted octanol–water partition coefficient (Wildman–Crippen LogP) is 6.28. The Kier molecular flexibility index (Phi) is 6.46. The van der Waals surface area contributed by atoms with E-state index in [0.29, 0.717) is 30.6 Å². The predicted molar refractivity (Wildman–Crippen MR) is 130 cm³/mol. The summed E-state index contributed by atoms with van der Waals surface area (Å²) in [6.45, 7) is 2.06. The monoisotopic (exact) mass is 503 g/mol. The second-order valence-electron chi connectivity index (χ2n) is 9.29. The number of carbonyl (C=O) groups is 1. The van der Waals surface area contributed by atoms with Gasteiger partial charge in [-0.05, 0) is 50.5 Å². The number of alkyl halides is 3. The van der Waals surface area contributed by atoms with Crippen LogP contribution in [0.3, 0.4) is 0 Å². The zero-order chi connectivity index (χ0) is 25.4.